The van der Waals surface area contributed by atoms with Crippen molar-refractivity contribution in [3.63, 3.8) is 0 Å². The lowest BCUT2D eigenvalue weighted by molar-refractivity contribution is -0.125. The lowest BCUT2D eigenvalue weighted by Crippen LogP contribution is -2.34. The molecule has 2 amide bonds. The van der Waals surface area contributed by atoms with Crippen LogP contribution in [0.25, 0.3) is 0 Å². The molecule has 158 valence electrons. The van der Waals surface area contributed by atoms with Gasteiger partial charge in [0.2, 0.25) is 11.8 Å². The molecule has 0 heterocycles. The lowest BCUT2D eigenvalue weighted by atomic mass is 10.0. The molecule has 0 N–H and O–H groups in total. The Balaban J connectivity index is 2.00. The molecule has 0 radical (unpaired) electrons. The number of carbonyl (C=O) groups is 2. The highest BCUT2D eigenvalue weighted by Crippen LogP contribution is 2.17. The van der Waals surface area contributed by atoms with Crippen molar-refractivity contribution < 1.29 is 9.59 Å². The van der Waals surface area contributed by atoms with Crippen LogP contribution in [0.3, 0.4) is 0 Å². The van der Waals surface area contributed by atoms with Gasteiger partial charge < -0.3 is 0 Å². The van der Waals surface area contributed by atoms with Gasteiger partial charge in [-0.25, -0.2) is 0 Å². The van der Waals surface area contributed by atoms with Crippen LogP contribution >= 0.6 is 0 Å². The highest BCUT2D eigenvalue weighted by Gasteiger charge is 2.19. The molecule has 1 aromatic rings. The third kappa shape index (κ3) is 11.3. The monoisotopic (exact) mass is 387 g/mol. The predicted molar refractivity (Wildman–Crippen MR) is 120 cm³/mol. The Morgan fingerprint density at radius 2 is 1.11 bits per heavy atom. The van der Waals surface area contributed by atoms with E-state index >= 15 is 0 Å². The van der Waals surface area contributed by atoms with Crippen LogP contribution in [0.4, 0.5) is 5.69 Å². The molecule has 0 saturated carbocycles. The van der Waals surface area contributed by atoms with Crippen LogP contribution in [0.1, 0.15) is 110 Å². The molecule has 0 aliphatic carbocycles. The summed E-state index contributed by atoms with van der Waals surface area (Å²) in [6.45, 7) is 3.72. The SMILES string of the molecule is CCCCCCCCCCCCCCCCC(=O)N(C(C)=O)c1ccccc1. The van der Waals surface area contributed by atoms with Gasteiger partial charge in [0.15, 0.2) is 0 Å². The highest BCUT2D eigenvalue weighted by atomic mass is 16.2. The molecule has 1 aromatic carbocycles. The van der Waals surface area contributed by atoms with Gasteiger partial charge >= 0.3 is 0 Å². The van der Waals surface area contributed by atoms with Gasteiger partial charge in [-0.1, -0.05) is 109 Å². The van der Waals surface area contributed by atoms with E-state index in [1.807, 2.05) is 30.3 Å². The van der Waals surface area contributed by atoms with E-state index in [4.69, 9.17) is 0 Å². The molecule has 0 aliphatic rings. The second kappa shape index (κ2) is 16.3. The molecule has 0 fully saturated rings. The van der Waals surface area contributed by atoms with Gasteiger partial charge in [0, 0.05) is 13.3 Å². The van der Waals surface area contributed by atoms with Gasteiger partial charge in [0.25, 0.3) is 0 Å². The van der Waals surface area contributed by atoms with E-state index in [2.05, 4.69) is 6.92 Å². The zero-order valence-electron chi connectivity index (χ0n) is 18.3. The third-order valence-electron chi connectivity index (χ3n) is 5.32. The average Bonchev–Trinajstić information content (AvgIpc) is 2.69. The first-order chi connectivity index (χ1) is 13.7. The largest absolute Gasteiger partial charge is 0.274 e. The molecule has 0 aliphatic heterocycles. The number of para-hydroxylation sites is 1. The zero-order chi connectivity index (χ0) is 20.5. The van der Waals surface area contributed by atoms with Gasteiger partial charge in [-0.3, -0.25) is 14.5 Å². The number of hydrogen-bond acceptors (Lipinski definition) is 2. The molecule has 0 spiro atoms. The molecule has 3 nitrogen and oxygen atoms in total. The molecule has 0 aromatic heterocycles. The van der Waals surface area contributed by atoms with Crippen molar-refractivity contribution in [1.29, 1.82) is 0 Å². The summed E-state index contributed by atoms with van der Waals surface area (Å²) in [5.41, 5.74) is 0.672. The summed E-state index contributed by atoms with van der Waals surface area (Å²) < 4.78 is 0. The van der Waals surface area contributed by atoms with Crippen LogP contribution in [-0.2, 0) is 9.59 Å². The maximum Gasteiger partial charge on any atom is 0.233 e. The molecule has 1 rings (SSSR count). The van der Waals surface area contributed by atoms with Crippen molar-refractivity contribution in [1.82, 2.24) is 0 Å². The zero-order valence-corrected chi connectivity index (χ0v) is 18.3. The first kappa shape index (κ1) is 24.4. The molecule has 0 bridgehead atoms. The average molecular weight is 388 g/mol. The van der Waals surface area contributed by atoms with Crippen molar-refractivity contribution >= 4 is 17.5 Å². The number of anilines is 1. The van der Waals surface area contributed by atoms with Crippen LogP contribution in [0.15, 0.2) is 30.3 Å². The van der Waals surface area contributed by atoms with Crippen LogP contribution in [0.2, 0.25) is 0 Å². The Kier molecular flexibility index (Phi) is 14.2. The number of benzene rings is 1. The number of hydrogen-bond donors (Lipinski definition) is 0. The van der Waals surface area contributed by atoms with Gasteiger partial charge in [0.05, 0.1) is 5.69 Å². The molecule has 0 unspecified atom stereocenters. The smallest absolute Gasteiger partial charge is 0.233 e. The topological polar surface area (TPSA) is 37.4 Å². The maximum absolute atomic E-state index is 12.4. The van der Waals surface area contributed by atoms with E-state index in [1.54, 1.807) is 0 Å². The van der Waals surface area contributed by atoms with Crippen molar-refractivity contribution in [2.24, 2.45) is 0 Å². The fourth-order valence-corrected chi connectivity index (χ4v) is 3.66. The molecule has 0 atom stereocenters. The molecule has 28 heavy (non-hydrogen) atoms. The van der Waals surface area contributed by atoms with Crippen molar-refractivity contribution in [3.8, 4) is 0 Å². The van der Waals surface area contributed by atoms with Crippen LogP contribution in [0, 0.1) is 0 Å². The second-order valence-electron chi connectivity index (χ2n) is 7.93. The summed E-state index contributed by atoms with van der Waals surface area (Å²) >= 11 is 0. The normalized spacial score (nSPS) is 10.8. The number of nitrogens with zero attached hydrogens (tertiary/aromatic N) is 1. The molecule has 3 heteroatoms. The lowest BCUT2D eigenvalue weighted by Gasteiger charge is -2.19. The Morgan fingerprint density at radius 3 is 1.54 bits per heavy atom. The first-order valence-corrected chi connectivity index (χ1v) is 11.6. The fourth-order valence-electron chi connectivity index (χ4n) is 3.66. The number of amides is 2. The Morgan fingerprint density at radius 1 is 0.679 bits per heavy atom. The molecule has 0 saturated heterocycles. The first-order valence-electron chi connectivity index (χ1n) is 11.6. The van der Waals surface area contributed by atoms with Crippen LogP contribution in [-0.4, -0.2) is 11.8 Å². The number of rotatable bonds is 16. The summed E-state index contributed by atoms with van der Waals surface area (Å²) in [5, 5.41) is 0. The summed E-state index contributed by atoms with van der Waals surface area (Å²) in [6.07, 6.45) is 18.6. The Labute approximate surface area is 172 Å². The van der Waals surface area contributed by atoms with Gasteiger partial charge in [-0.15, -0.1) is 0 Å². The second-order valence-corrected chi connectivity index (χ2v) is 7.93. The minimum Gasteiger partial charge on any atom is -0.274 e. The standard InChI is InChI=1S/C25H41NO2/c1-3-4-5-6-7-8-9-10-11-12-13-14-15-19-22-25(28)26(23(2)27)24-20-17-16-18-21-24/h16-18,20-21H,3-15,19,22H2,1-2H3. The van der Waals surface area contributed by atoms with Crippen molar-refractivity contribution in [2.45, 2.75) is 110 Å². The Hall–Kier alpha value is -1.64. The fraction of sp³-hybridized carbons (Fsp3) is 0.680. The number of carbonyl (C=O) groups excluding carboxylic acids is 2. The number of unbranched alkanes of at least 4 members (excludes halogenated alkanes) is 13. The van der Waals surface area contributed by atoms with E-state index in [-0.39, 0.29) is 11.8 Å². The van der Waals surface area contributed by atoms with Crippen molar-refractivity contribution in [2.75, 3.05) is 4.90 Å². The third-order valence-corrected chi connectivity index (χ3v) is 5.32. The van der Waals surface area contributed by atoms with E-state index in [9.17, 15) is 9.59 Å². The summed E-state index contributed by atoms with van der Waals surface area (Å²) in [5.74, 6) is -0.292. The highest BCUT2D eigenvalue weighted by molar-refractivity contribution is 6.13. The van der Waals surface area contributed by atoms with E-state index in [0.717, 1.165) is 12.8 Å². The van der Waals surface area contributed by atoms with E-state index in [1.165, 1.54) is 88.9 Å². The molecular formula is C25H41NO2. The summed E-state index contributed by atoms with van der Waals surface area (Å²) in [6, 6.07) is 9.21. The van der Waals surface area contributed by atoms with E-state index in [0.29, 0.717) is 12.1 Å². The minimum absolute atomic E-state index is 0.0855. The number of imide groups is 1. The van der Waals surface area contributed by atoms with Gasteiger partial charge in [0.1, 0.15) is 0 Å². The minimum atomic E-state index is -0.207. The molecular weight excluding hydrogens is 346 g/mol. The van der Waals surface area contributed by atoms with E-state index < -0.39 is 0 Å². The van der Waals surface area contributed by atoms with Crippen LogP contribution < -0.4 is 4.90 Å². The summed E-state index contributed by atoms with van der Waals surface area (Å²) in [4.78, 5) is 25.6. The predicted octanol–water partition coefficient (Wildman–Crippen LogP) is 7.44. The van der Waals surface area contributed by atoms with Gasteiger partial charge in [-0.2, -0.15) is 0 Å². The summed E-state index contributed by atoms with van der Waals surface area (Å²) in [7, 11) is 0. The Bertz CT molecular complexity index is 527. The maximum atomic E-state index is 12.4. The van der Waals surface area contributed by atoms with Crippen molar-refractivity contribution in [3.05, 3.63) is 30.3 Å². The van der Waals surface area contributed by atoms with Crippen LogP contribution in [0.5, 0.6) is 0 Å². The van der Waals surface area contributed by atoms with Gasteiger partial charge in [-0.05, 0) is 18.6 Å². The quantitative estimate of drug-likeness (QED) is 0.276.